The highest BCUT2D eigenvalue weighted by atomic mass is 15.3. The van der Waals surface area contributed by atoms with Gasteiger partial charge in [-0.15, -0.1) is 0 Å². The van der Waals surface area contributed by atoms with Crippen LogP contribution in [0, 0.1) is 19.3 Å². The molecule has 2 aromatic rings. The van der Waals surface area contributed by atoms with Crippen molar-refractivity contribution < 1.29 is 0 Å². The Morgan fingerprint density at radius 1 is 1.38 bits per heavy atom. The minimum absolute atomic E-state index is 0.0385. The first kappa shape index (κ1) is 10.4. The van der Waals surface area contributed by atoms with Gasteiger partial charge in [-0.05, 0) is 32.0 Å². The van der Waals surface area contributed by atoms with E-state index in [4.69, 9.17) is 11.1 Å². The summed E-state index contributed by atoms with van der Waals surface area (Å²) >= 11 is 0. The van der Waals surface area contributed by atoms with E-state index in [1.807, 2.05) is 32.0 Å². The molecule has 5 nitrogen and oxygen atoms in total. The van der Waals surface area contributed by atoms with Crippen LogP contribution in [0.25, 0.3) is 5.82 Å². The molecule has 0 fully saturated rings. The summed E-state index contributed by atoms with van der Waals surface area (Å²) in [6.07, 6.45) is 0. The van der Waals surface area contributed by atoms with Crippen LogP contribution in [-0.2, 0) is 0 Å². The number of hydrogen-bond acceptors (Lipinski definition) is 3. The summed E-state index contributed by atoms with van der Waals surface area (Å²) in [4.78, 5) is 4.27. The summed E-state index contributed by atoms with van der Waals surface area (Å²) in [6.45, 7) is 3.89. The van der Waals surface area contributed by atoms with E-state index >= 15 is 0 Å². The van der Waals surface area contributed by atoms with Crippen molar-refractivity contribution in [2.75, 3.05) is 0 Å². The normalized spacial score (nSPS) is 10.4. The average Bonchev–Trinajstić information content (AvgIpc) is 2.58. The summed E-state index contributed by atoms with van der Waals surface area (Å²) in [5.41, 5.74) is 7.80. The van der Waals surface area contributed by atoms with E-state index in [0.717, 1.165) is 11.4 Å². The number of rotatable bonds is 2. The van der Waals surface area contributed by atoms with Crippen LogP contribution >= 0.6 is 0 Å². The quantitative estimate of drug-likeness (QED) is 0.582. The third-order valence-electron chi connectivity index (χ3n) is 2.24. The maximum Gasteiger partial charge on any atom is 0.154 e. The Balaban J connectivity index is 2.52. The predicted octanol–water partition coefficient (Wildman–Crippen LogP) is 1.17. The van der Waals surface area contributed by atoms with E-state index in [-0.39, 0.29) is 5.84 Å². The van der Waals surface area contributed by atoms with Gasteiger partial charge in [-0.25, -0.2) is 9.67 Å². The molecule has 5 heteroatoms. The molecule has 0 aliphatic carbocycles. The summed E-state index contributed by atoms with van der Waals surface area (Å²) in [7, 11) is 0. The Morgan fingerprint density at radius 3 is 2.69 bits per heavy atom. The molecule has 0 amide bonds. The van der Waals surface area contributed by atoms with Crippen molar-refractivity contribution in [1.82, 2.24) is 14.8 Å². The number of amidine groups is 1. The molecule has 16 heavy (non-hydrogen) atoms. The lowest BCUT2D eigenvalue weighted by molar-refractivity contribution is 0.804. The van der Waals surface area contributed by atoms with Crippen molar-refractivity contribution >= 4 is 5.84 Å². The van der Waals surface area contributed by atoms with Gasteiger partial charge in [-0.2, -0.15) is 5.10 Å². The Bertz CT molecular complexity index is 541. The van der Waals surface area contributed by atoms with Crippen molar-refractivity contribution in [2.45, 2.75) is 13.8 Å². The van der Waals surface area contributed by atoms with Crippen LogP contribution in [-0.4, -0.2) is 20.6 Å². The van der Waals surface area contributed by atoms with Gasteiger partial charge in [0.05, 0.1) is 5.69 Å². The zero-order valence-electron chi connectivity index (χ0n) is 9.23. The molecular weight excluding hydrogens is 202 g/mol. The summed E-state index contributed by atoms with van der Waals surface area (Å²) in [5.74, 6) is 0.640. The number of nitrogens with one attached hydrogen (secondary N) is 1. The summed E-state index contributed by atoms with van der Waals surface area (Å²) in [6, 6.07) is 7.33. The molecule has 2 aromatic heterocycles. The van der Waals surface area contributed by atoms with E-state index in [0.29, 0.717) is 11.5 Å². The molecule has 0 atom stereocenters. The minimum Gasteiger partial charge on any atom is -0.382 e. The summed E-state index contributed by atoms with van der Waals surface area (Å²) < 4.78 is 1.74. The minimum atomic E-state index is -0.0385. The van der Waals surface area contributed by atoms with Crippen molar-refractivity contribution in [3.63, 3.8) is 0 Å². The Labute approximate surface area is 93.4 Å². The Kier molecular flexibility index (Phi) is 2.44. The molecule has 82 valence electrons. The van der Waals surface area contributed by atoms with Gasteiger partial charge in [-0.1, -0.05) is 6.07 Å². The average molecular weight is 215 g/mol. The van der Waals surface area contributed by atoms with Crippen LogP contribution in [0.2, 0.25) is 0 Å². The number of pyridine rings is 1. The zero-order chi connectivity index (χ0) is 11.7. The molecule has 0 aliphatic heterocycles. The maximum atomic E-state index is 7.34. The first-order chi connectivity index (χ1) is 7.58. The third kappa shape index (κ3) is 1.79. The van der Waals surface area contributed by atoms with Gasteiger partial charge >= 0.3 is 0 Å². The molecule has 0 aromatic carbocycles. The third-order valence-corrected chi connectivity index (χ3v) is 2.24. The van der Waals surface area contributed by atoms with Crippen LogP contribution in [0.15, 0.2) is 24.3 Å². The van der Waals surface area contributed by atoms with Gasteiger partial charge in [0, 0.05) is 5.69 Å². The van der Waals surface area contributed by atoms with E-state index < -0.39 is 0 Å². The predicted molar refractivity (Wildman–Crippen MR) is 61.8 cm³/mol. The van der Waals surface area contributed by atoms with Crippen LogP contribution in [0.5, 0.6) is 0 Å². The molecule has 2 rings (SSSR count). The van der Waals surface area contributed by atoms with Gasteiger partial charge in [0.1, 0.15) is 11.5 Å². The van der Waals surface area contributed by atoms with Crippen molar-refractivity contribution in [3.8, 4) is 5.82 Å². The van der Waals surface area contributed by atoms with Gasteiger partial charge in [0.25, 0.3) is 0 Å². The first-order valence-corrected chi connectivity index (χ1v) is 4.93. The SMILES string of the molecule is Cc1cc(C)n(-c2cccc(C(=N)N)n2)n1. The van der Waals surface area contributed by atoms with Crippen LogP contribution in [0.3, 0.4) is 0 Å². The largest absolute Gasteiger partial charge is 0.382 e. The Hall–Kier alpha value is -2.17. The molecular formula is C11H13N5. The summed E-state index contributed by atoms with van der Waals surface area (Å²) in [5, 5.41) is 11.7. The number of aromatic nitrogens is 3. The van der Waals surface area contributed by atoms with Crippen molar-refractivity contribution in [2.24, 2.45) is 5.73 Å². The van der Waals surface area contributed by atoms with E-state index in [1.54, 1.807) is 10.7 Å². The van der Waals surface area contributed by atoms with Crippen molar-refractivity contribution in [3.05, 3.63) is 41.3 Å². The van der Waals surface area contributed by atoms with E-state index in [2.05, 4.69) is 10.1 Å². The molecule has 2 heterocycles. The molecule has 0 unspecified atom stereocenters. The van der Waals surface area contributed by atoms with Gasteiger partial charge in [0.2, 0.25) is 0 Å². The highest BCUT2D eigenvalue weighted by Crippen LogP contribution is 2.09. The number of nitrogen functional groups attached to an aromatic ring is 1. The van der Waals surface area contributed by atoms with Crippen LogP contribution in [0.4, 0.5) is 0 Å². The number of nitrogens with two attached hydrogens (primary N) is 1. The lowest BCUT2D eigenvalue weighted by atomic mass is 10.3. The molecule has 0 bridgehead atoms. The fourth-order valence-electron chi connectivity index (χ4n) is 1.55. The molecule has 0 aliphatic rings. The first-order valence-electron chi connectivity index (χ1n) is 4.93. The topological polar surface area (TPSA) is 80.6 Å². The smallest absolute Gasteiger partial charge is 0.154 e. The standard InChI is InChI=1S/C11H13N5/c1-7-6-8(2)16(15-7)10-5-3-4-9(14-10)11(12)13/h3-6H,1-2H3,(H3,12,13). The van der Waals surface area contributed by atoms with E-state index in [9.17, 15) is 0 Å². The number of nitrogens with zero attached hydrogens (tertiary/aromatic N) is 3. The Morgan fingerprint density at radius 2 is 2.12 bits per heavy atom. The zero-order valence-corrected chi connectivity index (χ0v) is 9.23. The molecule has 0 radical (unpaired) electrons. The molecule has 0 saturated heterocycles. The molecule has 0 spiro atoms. The van der Waals surface area contributed by atoms with Crippen LogP contribution < -0.4 is 5.73 Å². The van der Waals surface area contributed by atoms with Gasteiger partial charge in [0.15, 0.2) is 5.82 Å². The van der Waals surface area contributed by atoms with Gasteiger partial charge < -0.3 is 5.73 Å². The second-order valence-corrected chi connectivity index (χ2v) is 3.63. The van der Waals surface area contributed by atoms with Gasteiger partial charge in [-0.3, -0.25) is 5.41 Å². The molecule has 3 N–H and O–H groups in total. The highest BCUT2D eigenvalue weighted by molar-refractivity contribution is 5.93. The highest BCUT2D eigenvalue weighted by Gasteiger charge is 2.06. The fourth-order valence-corrected chi connectivity index (χ4v) is 1.55. The fraction of sp³-hybridized carbons (Fsp3) is 0.182. The van der Waals surface area contributed by atoms with Crippen molar-refractivity contribution in [1.29, 1.82) is 5.41 Å². The lowest BCUT2D eigenvalue weighted by Gasteiger charge is -2.04. The number of hydrogen-bond donors (Lipinski definition) is 2. The number of aryl methyl sites for hydroxylation is 2. The monoisotopic (exact) mass is 215 g/mol. The molecule has 0 saturated carbocycles. The second kappa shape index (κ2) is 3.77. The van der Waals surface area contributed by atoms with Crippen LogP contribution in [0.1, 0.15) is 17.1 Å². The lowest BCUT2D eigenvalue weighted by Crippen LogP contribution is -2.14. The second-order valence-electron chi connectivity index (χ2n) is 3.63. The van der Waals surface area contributed by atoms with E-state index in [1.165, 1.54) is 0 Å². The maximum absolute atomic E-state index is 7.34.